The van der Waals surface area contributed by atoms with Crippen molar-refractivity contribution in [1.29, 1.82) is 0 Å². The molecule has 0 spiro atoms. The second kappa shape index (κ2) is 8.96. The lowest BCUT2D eigenvalue weighted by molar-refractivity contribution is -0.384. The Balaban J connectivity index is 1.57. The lowest BCUT2D eigenvalue weighted by Crippen LogP contribution is -2.49. The summed E-state index contributed by atoms with van der Waals surface area (Å²) < 4.78 is 0. The van der Waals surface area contributed by atoms with Crippen molar-refractivity contribution in [3.63, 3.8) is 0 Å². The molecule has 2 aromatic rings. The van der Waals surface area contributed by atoms with Crippen molar-refractivity contribution in [2.75, 3.05) is 17.2 Å². The first-order chi connectivity index (χ1) is 15.0. The monoisotopic (exact) mass is 439 g/mol. The molecule has 0 aromatic heterocycles. The summed E-state index contributed by atoms with van der Waals surface area (Å²) in [5, 5.41) is 11.4. The van der Waals surface area contributed by atoms with Crippen molar-refractivity contribution >= 4 is 40.0 Å². The molecule has 0 radical (unpaired) electrons. The van der Waals surface area contributed by atoms with Crippen LogP contribution >= 0.6 is 11.8 Å². The Morgan fingerprint density at radius 2 is 2.06 bits per heavy atom. The first-order valence-corrected chi connectivity index (χ1v) is 10.9. The van der Waals surface area contributed by atoms with E-state index >= 15 is 0 Å². The number of aliphatic imine (C=N–C) groups is 1. The maximum absolute atomic E-state index is 13.2. The Kier molecular flexibility index (Phi) is 6.12. The summed E-state index contributed by atoms with van der Waals surface area (Å²) in [4.78, 5) is 42.5. The van der Waals surface area contributed by atoms with Crippen LogP contribution < -0.4 is 15.8 Å². The number of nitrogens with zero attached hydrogens (tertiary/aromatic N) is 3. The Morgan fingerprint density at radius 3 is 2.77 bits per heavy atom. The molecule has 1 saturated heterocycles. The standard InChI is InChI=1S/C21H21N5O4S/c1-2-13-6-8-15(9-7-13)25-20(28)17-11-22-24-19(17)23-21(25)31-12-18(27)14-4-3-5-16(10-14)26(29)30/h3-10,17,19,22,24H,2,11-12H2,1H3. The molecule has 9 nitrogen and oxygen atoms in total. The third-order valence-electron chi connectivity index (χ3n) is 5.25. The fourth-order valence-electron chi connectivity index (χ4n) is 3.49. The normalized spacial score (nSPS) is 20.4. The molecule has 2 heterocycles. The van der Waals surface area contributed by atoms with Gasteiger partial charge in [0.05, 0.1) is 22.3 Å². The number of benzene rings is 2. The molecule has 2 aliphatic rings. The van der Waals surface area contributed by atoms with Crippen molar-refractivity contribution < 1.29 is 14.5 Å². The predicted molar refractivity (Wildman–Crippen MR) is 119 cm³/mol. The number of nitro benzene ring substituents is 1. The average molecular weight is 439 g/mol. The number of aryl methyl sites for hydroxylation is 1. The molecule has 2 N–H and O–H groups in total. The number of amides is 1. The lowest BCUT2D eigenvalue weighted by Gasteiger charge is -2.32. The molecule has 1 fully saturated rings. The summed E-state index contributed by atoms with van der Waals surface area (Å²) in [5.74, 6) is -0.693. The number of carbonyl (C=O) groups excluding carboxylic acids is 2. The van der Waals surface area contributed by atoms with E-state index in [1.54, 1.807) is 11.0 Å². The van der Waals surface area contributed by atoms with Crippen LogP contribution in [0.1, 0.15) is 22.8 Å². The van der Waals surface area contributed by atoms with Crippen molar-refractivity contribution in [2.24, 2.45) is 10.9 Å². The molecule has 10 heteroatoms. The minimum atomic E-state index is -0.533. The second-order valence-electron chi connectivity index (χ2n) is 7.20. The number of nitro groups is 1. The van der Waals surface area contributed by atoms with Gasteiger partial charge in [-0.15, -0.1) is 0 Å². The third kappa shape index (κ3) is 4.36. The Hall–Kier alpha value is -3.08. The van der Waals surface area contributed by atoms with Crippen LogP contribution in [-0.2, 0) is 11.2 Å². The van der Waals surface area contributed by atoms with Gasteiger partial charge in [-0.2, -0.15) is 0 Å². The van der Waals surface area contributed by atoms with Gasteiger partial charge in [0.2, 0.25) is 5.91 Å². The van der Waals surface area contributed by atoms with Gasteiger partial charge in [0.1, 0.15) is 6.17 Å². The van der Waals surface area contributed by atoms with Crippen LogP contribution in [0.15, 0.2) is 53.5 Å². The zero-order chi connectivity index (χ0) is 22.0. The lowest BCUT2D eigenvalue weighted by atomic mass is 10.0. The van der Waals surface area contributed by atoms with Crippen LogP contribution in [0.3, 0.4) is 0 Å². The number of Topliss-reactive ketones (excluding diaryl/α,β-unsaturated/α-hetero) is 1. The fourth-order valence-corrected chi connectivity index (χ4v) is 4.43. The Labute approximate surface area is 183 Å². The Bertz CT molecular complexity index is 1060. The number of non-ortho nitro benzene ring substituents is 1. The molecule has 0 bridgehead atoms. The van der Waals surface area contributed by atoms with Gasteiger partial charge in [0.25, 0.3) is 5.69 Å². The molecule has 1 amide bonds. The molecule has 2 unspecified atom stereocenters. The summed E-state index contributed by atoms with van der Waals surface area (Å²) >= 11 is 1.15. The zero-order valence-electron chi connectivity index (χ0n) is 16.8. The maximum Gasteiger partial charge on any atom is 0.270 e. The number of amidine groups is 1. The first kappa shape index (κ1) is 21.2. The van der Waals surface area contributed by atoms with E-state index in [0.29, 0.717) is 17.4 Å². The highest BCUT2D eigenvalue weighted by Gasteiger charge is 2.42. The van der Waals surface area contributed by atoms with E-state index in [1.165, 1.54) is 18.2 Å². The number of thioether (sulfide) groups is 1. The van der Waals surface area contributed by atoms with Crippen molar-refractivity contribution in [3.8, 4) is 0 Å². The van der Waals surface area contributed by atoms with E-state index < -0.39 is 11.1 Å². The second-order valence-corrected chi connectivity index (χ2v) is 8.14. The smallest absolute Gasteiger partial charge is 0.270 e. The van der Waals surface area contributed by atoms with Gasteiger partial charge in [0, 0.05) is 24.2 Å². The minimum absolute atomic E-state index is 0.00163. The SMILES string of the molecule is CCc1ccc(N2C(=O)C3CNNC3N=C2SCC(=O)c2cccc([N+](=O)[O-])c2)cc1. The quantitative estimate of drug-likeness (QED) is 0.403. The van der Waals surface area contributed by atoms with Gasteiger partial charge in [0.15, 0.2) is 11.0 Å². The highest BCUT2D eigenvalue weighted by Crippen LogP contribution is 2.30. The van der Waals surface area contributed by atoms with Crippen molar-refractivity contribution in [2.45, 2.75) is 19.5 Å². The summed E-state index contributed by atoms with van der Waals surface area (Å²) in [6.45, 7) is 2.53. The molecule has 0 aliphatic carbocycles. The van der Waals surface area contributed by atoms with Crippen LogP contribution in [0.4, 0.5) is 11.4 Å². The number of rotatable bonds is 6. The number of hydrogen-bond donors (Lipinski definition) is 2. The summed E-state index contributed by atoms with van der Waals surface area (Å²) in [5.41, 5.74) is 7.92. The molecule has 2 atom stereocenters. The number of hydrogen-bond acceptors (Lipinski definition) is 8. The van der Waals surface area contributed by atoms with E-state index in [0.717, 1.165) is 23.7 Å². The molecule has 2 aliphatic heterocycles. The van der Waals surface area contributed by atoms with Crippen LogP contribution in [-0.4, -0.2) is 40.2 Å². The summed E-state index contributed by atoms with van der Waals surface area (Å²) in [6.07, 6.45) is 0.495. The molecule has 160 valence electrons. The Morgan fingerprint density at radius 1 is 1.29 bits per heavy atom. The zero-order valence-corrected chi connectivity index (χ0v) is 17.6. The van der Waals surface area contributed by atoms with Crippen LogP contribution in [0.25, 0.3) is 0 Å². The van der Waals surface area contributed by atoms with Gasteiger partial charge in [-0.3, -0.25) is 30.0 Å². The summed E-state index contributed by atoms with van der Waals surface area (Å²) in [7, 11) is 0. The molecular formula is C21H21N5O4S. The van der Waals surface area contributed by atoms with E-state index in [4.69, 9.17) is 0 Å². The van der Waals surface area contributed by atoms with Gasteiger partial charge >= 0.3 is 0 Å². The third-order valence-corrected chi connectivity index (χ3v) is 6.20. The summed E-state index contributed by atoms with van der Waals surface area (Å²) in [6, 6.07) is 13.3. The van der Waals surface area contributed by atoms with E-state index in [-0.39, 0.29) is 34.6 Å². The number of anilines is 1. The highest BCUT2D eigenvalue weighted by molar-refractivity contribution is 8.14. The van der Waals surface area contributed by atoms with Crippen LogP contribution in [0.5, 0.6) is 0 Å². The minimum Gasteiger partial charge on any atom is -0.293 e. The van der Waals surface area contributed by atoms with E-state index in [2.05, 4.69) is 22.8 Å². The van der Waals surface area contributed by atoms with Gasteiger partial charge in [-0.1, -0.05) is 43.0 Å². The van der Waals surface area contributed by atoms with Crippen molar-refractivity contribution in [1.82, 2.24) is 10.9 Å². The van der Waals surface area contributed by atoms with Gasteiger partial charge in [-0.25, -0.2) is 10.4 Å². The molecular weight excluding hydrogens is 418 g/mol. The number of fused-ring (bicyclic) bond motifs is 1. The number of ketones is 1. The van der Waals surface area contributed by atoms with Crippen LogP contribution in [0, 0.1) is 16.0 Å². The topological polar surface area (TPSA) is 117 Å². The molecule has 2 aromatic carbocycles. The van der Waals surface area contributed by atoms with Gasteiger partial charge < -0.3 is 0 Å². The maximum atomic E-state index is 13.2. The van der Waals surface area contributed by atoms with Crippen LogP contribution in [0.2, 0.25) is 0 Å². The van der Waals surface area contributed by atoms with E-state index in [1.807, 2.05) is 24.3 Å². The average Bonchev–Trinajstić information content (AvgIpc) is 3.27. The largest absolute Gasteiger partial charge is 0.293 e. The fraction of sp³-hybridized carbons (Fsp3) is 0.286. The highest BCUT2D eigenvalue weighted by atomic mass is 32.2. The molecule has 0 saturated carbocycles. The number of carbonyl (C=O) groups is 2. The van der Waals surface area contributed by atoms with E-state index in [9.17, 15) is 19.7 Å². The molecule has 31 heavy (non-hydrogen) atoms. The van der Waals surface area contributed by atoms with Crippen molar-refractivity contribution in [3.05, 3.63) is 69.8 Å². The molecule has 4 rings (SSSR count). The first-order valence-electron chi connectivity index (χ1n) is 9.87. The number of hydrazine groups is 1. The number of nitrogens with one attached hydrogen (secondary N) is 2. The predicted octanol–water partition coefficient (Wildman–Crippen LogP) is 2.53. The van der Waals surface area contributed by atoms with Gasteiger partial charge in [-0.05, 0) is 24.1 Å².